The maximum atomic E-state index is 12.7. The third-order valence-corrected chi connectivity index (χ3v) is 3.69. The predicted molar refractivity (Wildman–Crippen MR) is 99.5 cm³/mol. The maximum Gasteiger partial charge on any atom is 0.227 e. The first-order valence-corrected chi connectivity index (χ1v) is 7.87. The minimum atomic E-state index is 0. The topological polar surface area (TPSA) is 55.6 Å². The van der Waals surface area contributed by atoms with Crippen molar-refractivity contribution in [2.45, 2.75) is 19.4 Å². The van der Waals surface area contributed by atoms with Crippen LogP contribution in [0.15, 0.2) is 54.6 Å². The first-order chi connectivity index (χ1) is 11.2. The Balaban J connectivity index is 0.00000288. The number of rotatable bonds is 8. The molecule has 0 aliphatic heterocycles. The van der Waals surface area contributed by atoms with Gasteiger partial charge in [-0.15, -0.1) is 12.4 Å². The van der Waals surface area contributed by atoms with E-state index in [-0.39, 0.29) is 18.3 Å². The summed E-state index contributed by atoms with van der Waals surface area (Å²) in [5.74, 6) is 0.877. The molecule has 0 aliphatic carbocycles. The number of carbonyl (C=O) groups excluding carboxylic acids is 1. The molecule has 2 aromatic rings. The van der Waals surface area contributed by atoms with E-state index in [1.807, 2.05) is 59.5 Å². The quantitative estimate of drug-likeness (QED) is 0.797. The van der Waals surface area contributed by atoms with E-state index in [0.29, 0.717) is 26.1 Å². The van der Waals surface area contributed by atoms with Crippen LogP contribution in [0.3, 0.4) is 0 Å². The Kier molecular flexibility index (Phi) is 8.90. The van der Waals surface area contributed by atoms with Gasteiger partial charge in [0.05, 0.1) is 13.5 Å². The first kappa shape index (κ1) is 20.0. The summed E-state index contributed by atoms with van der Waals surface area (Å²) in [7, 11) is 1.63. The van der Waals surface area contributed by atoms with Gasteiger partial charge >= 0.3 is 0 Å². The van der Waals surface area contributed by atoms with E-state index in [1.165, 1.54) is 0 Å². The molecule has 2 rings (SSSR count). The van der Waals surface area contributed by atoms with Gasteiger partial charge in [0.15, 0.2) is 0 Å². The highest BCUT2D eigenvalue weighted by Crippen LogP contribution is 2.15. The Bertz CT molecular complexity index is 620. The van der Waals surface area contributed by atoms with Crippen molar-refractivity contribution in [3.8, 4) is 5.75 Å². The van der Waals surface area contributed by atoms with Gasteiger partial charge in [-0.2, -0.15) is 0 Å². The van der Waals surface area contributed by atoms with E-state index < -0.39 is 0 Å². The van der Waals surface area contributed by atoms with Gasteiger partial charge in [-0.05, 0) is 36.2 Å². The Labute approximate surface area is 150 Å². The number of hydrogen-bond donors (Lipinski definition) is 1. The highest BCUT2D eigenvalue weighted by Gasteiger charge is 2.14. The number of nitrogens with two attached hydrogens (primary N) is 1. The summed E-state index contributed by atoms with van der Waals surface area (Å²) in [5.41, 5.74) is 7.69. The summed E-state index contributed by atoms with van der Waals surface area (Å²) in [4.78, 5) is 14.5. The minimum absolute atomic E-state index is 0. The molecule has 5 heteroatoms. The third-order valence-electron chi connectivity index (χ3n) is 3.69. The second-order valence-electron chi connectivity index (χ2n) is 5.47. The lowest BCUT2D eigenvalue weighted by molar-refractivity contribution is -0.131. The monoisotopic (exact) mass is 348 g/mol. The van der Waals surface area contributed by atoms with Crippen LogP contribution in [0.5, 0.6) is 5.75 Å². The highest BCUT2D eigenvalue weighted by molar-refractivity contribution is 5.85. The van der Waals surface area contributed by atoms with Crippen molar-refractivity contribution in [1.82, 2.24) is 4.90 Å². The van der Waals surface area contributed by atoms with Gasteiger partial charge in [-0.3, -0.25) is 4.79 Å². The summed E-state index contributed by atoms with van der Waals surface area (Å²) in [6, 6.07) is 17.7. The molecule has 0 atom stereocenters. The fourth-order valence-corrected chi connectivity index (χ4v) is 2.45. The molecule has 0 aliphatic rings. The van der Waals surface area contributed by atoms with E-state index in [1.54, 1.807) is 7.11 Å². The molecule has 2 aromatic carbocycles. The summed E-state index contributed by atoms with van der Waals surface area (Å²) >= 11 is 0. The van der Waals surface area contributed by atoms with E-state index in [2.05, 4.69) is 0 Å². The Morgan fingerprint density at radius 3 is 2.46 bits per heavy atom. The van der Waals surface area contributed by atoms with Gasteiger partial charge in [0.25, 0.3) is 0 Å². The largest absolute Gasteiger partial charge is 0.497 e. The van der Waals surface area contributed by atoms with Crippen LogP contribution < -0.4 is 10.5 Å². The number of nitrogens with zero attached hydrogens (tertiary/aromatic N) is 1. The molecule has 0 heterocycles. The van der Waals surface area contributed by atoms with E-state index in [4.69, 9.17) is 10.5 Å². The minimum Gasteiger partial charge on any atom is -0.497 e. The molecule has 0 unspecified atom stereocenters. The zero-order valence-corrected chi connectivity index (χ0v) is 14.8. The molecular formula is C19H25ClN2O2. The summed E-state index contributed by atoms with van der Waals surface area (Å²) in [6.07, 6.45) is 1.17. The molecular weight excluding hydrogens is 324 g/mol. The number of carbonyl (C=O) groups is 1. The lowest BCUT2D eigenvalue weighted by Crippen LogP contribution is -2.33. The molecule has 24 heavy (non-hydrogen) atoms. The number of amides is 1. The van der Waals surface area contributed by atoms with Crippen molar-refractivity contribution in [3.63, 3.8) is 0 Å². The first-order valence-electron chi connectivity index (χ1n) is 7.87. The molecule has 0 saturated heterocycles. The van der Waals surface area contributed by atoms with Crippen molar-refractivity contribution in [1.29, 1.82) is 0 Å². The molecule has 0 bridgehead atoms. The maximum absolute atomic E-state index is 12.7. The van der Waals surface area contributed by atoms with Crippen LogP contribution in [0.1, 0.15) is 17.5 Å². The fourth-order valence-electron chi connectivity index (χ4n) is 2.45. The predicted octanol–water partition coefficient (Wildman–Crippen LogP) is 3.04. The van der Waals surface area contributed by atoms with E-state index >= 15 is 0 Å². The molecule has 0 aromatic heterocycles. The summed E-state index contributed by atoms with van der Waals surface area (Å²) < 4.78 is 5.22. The van der Waals surface area contributed by atoms with Crippen LogP contribution in [-0.4, -0.2) is 31.0 Å². The number of halogens is 1. The number of hydrogen-bond acceptors (Lipinski definition) is 3. The van der Waals surface area contributed by atoms with Gasteiger partial charge in [0, 0.05) is 13.1 Å². The second-order valence-corrected chi connectivity index (χ2v) is 5.47. The van der Waals surface area contributed by atoms with Crippen molar-refractivity contribution in [3.05, 3.63) is 65.7 Å². The van der Waals surface area contributed by atoms with Gasteiger partial charge in [0.2, 0.25) is 5.91 Å². The SMILES string of the molecule is COc1cccc(CC(=O)N(CCCN)Cc2ccccc2)c1.Cl. The average molecular weight is 349 g/mol. The molecule has 0 radical (unpaired) electrons. The van der Waals surface area contributed by atoms with Crippen molar-refractivity contribution in [2.75, 3.05) is 20.2 Å². The lowest BCUT2D eigenvalue weighted by Gasteiger charge is -2.23. The van der Waals surface area contributed by atoms with Crippen LogP contribution in [0.2, 0.25) is 0 Å². The van der Waals surface area contributed by atoms with Crippen LogP contribution in [0.25, 0.3) is 0 Å². The van der Waals surface area contributed by atoms with Crippen molar-refractivity contribution < 1.29 is 9.53 Å². The third kappa shape index (κ3) is 6.22. The van der Waals surface area contributed by atoms with E-state index in [9.17, 15) is 4.79 Å². The highest BCUT2D eigenvalue weighted by atomic mass is 35.5. The van der Waals surface area contributed by atoms with E-state index in [0.717, 1.165) is 23.3 Å². The van der Waals surface area contributed by atoms with Crippen molar-refractivity contribution >= 4 is 18.3 Å². The molecule has 2 N–H and O–H groups in total. The normalized spacial score (nSPS) is 9.92. The molecule has 1 amide bonds. The van der Waals surface area contributed by atoms with Gasteiger partial charge in [-0.1, -0.05) is 42.5 Å². The number of methoxy groups -OCH3 is 1. The molecule has 0 saturated carbocycles. The van der Waals surface area contributed by atoms with Gasteiger partial charge in [-0.25, -0.2) is 0 Å². The van der Waals surface area contributed by atoms with Crippen LogP contribution in [0.4, 0.5) is 0 Å². The smallest absolute Gasteiger partial charge is 0.227 e. The summed E-state index contributed by atoms with van der Waals surface area (Å²) in [5, 5.41) is 0. The van der Waals surface area contributed by atoms with Crippen LogP contribution in [0, 0.1) is 0 Å². The fraction of sp³-hybridized carbons (Fsp3) is 0.316. The van der Waals surface area contributed by atoms with Crippen LogP contribution >= 0.6 is 12.4 Å². The van der Waals surface area contributed by atoms with Crippen molar-refractivity contribution in [2.24, 2.45) is 5.73 Å². The zero-order chi connectivity index (χ0) is 16.5. The zero-order valence-electron chi connectivity index (χ0n) is 14.0. The molecule has 0 spiro atoms. The average Bonchev–Trinajstić information content (AvgIpc) is 2.59. The number of benzene rings is 2. The standard InChI is InChI=1S/C19H24N2O2.ClH/c1-23-18-10-5-9-17(13-18)14-19(22)21(12-6-11-20)15-16-7-3-2-4-8-16;/h2-5,7-10,13H,6,11-12,14-15,20H2,1H3;1H. The van der Waals surface area contributed by atoms with Gasteiger partial charge in [0.1, 0.15) is 5.75 Å². The second kappa shape index (κ2) is 10.7. The molecule has 0 fully saturated rings. The Hall–Kier alpha value is -2.04. The molecule has 4 nitrogen and oxygen atoms in total. The lowest BCUT2D eigenvalue weighted by atomic mass is 10.1. The Morgan fingerprint density at radius 2 is 1.79 bits per heavy atom. The molecule has 130 valence electrons. The number of ether oxygens (including phenoxy) is 1. The van der Waals surface area contributed by atoms with Crippen LogP contribution in [-0.2, 0) is 17.8 Å². The summed E-state index contributed by atoms with van der Waals surface area (Å²) in [6.45, 7) is 1.87. The Morgan fingerprint density at radius 1 is 1.08 bits per heavy atom. The van der Waals surface area contributed by atoms with Gasteiger partial charge < -0.3 is 15.4 Å².